The van der Waals surface area contributed by atoms with Gasteiger partial charge < -0.3 is 4.74 Å². The highest BCUT2D eigenvalue weighted by Crippen LogP contribution is 2.28. The van der Waals surface area contributed by atoms with Crippen LogP contribution in [0.5, 0.6) is 5.75 Å². The lowest BCUT2D eigenvalue weighted by atomic mass is 10.2. The minimum atomic E-state index is -0.582. The van der Waals surface area contributed by atoms with Crippen molar-refractivity contribution in [2.24, 2.45) is 0 Å². The molecule has 0 amide bonds. The number of nitro benzene ring substituents is 1. The Morgan fingerprint density at radius 3 is 2.43 bits per heavy atom. The summed E-state index contributed by atoms with van der Waals surface area (Å²) >= 11 is 12.0. The van der Waals surface area contributed by atoms with Crippen LogP contribution in [0, 0.1) is 10.1 Å². The van der Waals surface area contributed by atoms with Crippen LogP contribution in [0.15, 0.2) is 36.4 Å². The molecule has 2 aromatic carbocycles. The maximum absolute atomic E-state index is 11.0. The Hall–Kier alpha value is -2.11. The van der Waals surface area contributed by atoms with Crippen LogP contribution in [-0.4, -0.2) is 11.2 Å². The normalized spacial score (nSPS) is 10.2. The lowest BCUT2D eigenvalue weighted by Crippen LogP contribution is -2.00. The van der Waals surface area contributed by atoms with Crippen LogP contribution in [0.4, 0.5) is 5.69 Å². The summed E-state index contributed by atoms with van der Waals surface area (Å²) in [6.07, 6.45) is 0.497. The van der Waals surface area contributed by atoms with Crippen LogP contribution in [0.2, 0.25) is 10.0 Å². The van der Waals surface area contributed by atoms with Crippen molar-refractivity contribution in [3.8, 4) is 5.75 Å². The summed E-state index contributed by atoms with van der Waals surface area (Å²) in [5.74, 6) is 0.228. The first-order valence-corrected chi connectivity index (χ1v) is 6.58. The van der Waals surface area contributed by atoms with Gasteiger partial charge in [0.1, 0.15) is 12.4 Å². The Bertz CT molecular complexity index is 683. The molecule has 0 spiro atoms. The van der Waals surface area contributed by atoms with Gasteiger partial charge in [0, 0.05) is 27.7 Å². The summed E-state index contributed by atoms with van der Waals surface area (Å²) < 4.78 is 5.49. The van der Waals surface area contributed by atoms with E-state index in [1.54, 1.807) is 18.2 Å². The van der Waals surface area contributed by atoms with Crippen molar-refractivity contribution in [3.05, 3.63) is 67.7 Å². The molecule has 0 atom stereocenters. The van der Waals surface area contributed by atoms with Crippen LogP contribution in [0.25, 0.3) is 0 Å². The predicted molar refractivity (Wildman–Crippen MR) is 79.3 cm³/mol. The molecule has 0 heterocycles. The second-order valence-electron chi connectivity index (χ2n) is 4.09. The third-order valence-electron chi connectivity index (χ3n) is 2.76. The fourth-order valence-corrected chi connectivity index (χ4v) is 2.20. The number of ether oxygens (including phenoxy) is 1. The molecule has 2 aromatic rings. The molecule has 0 saturated heterocycles. The molecule has 0 aliphatic carbocycles. The highest BCUT2D eigenvalue weighted by Gasteiger charge is 2.13. The molecule has 108 valence electrons. The van der Waals surface area contributed by atoms with Crippen molar-refractivity contribution in [1.82, 2.24) is 0 Å². The highest BCUT2D eigenvalue weighted by atomic mass is 35.5. The third kappa shape index (κ3) is 3.51. The first-order chi connectivity index (χ1) is 10.0. The van der Waals surface area contributed by atoms with E-state index in [9.17, 15) is 14.9 Å². The van der Waals surface area contributed by atoms with Gasteiger partial charge in [-0.1, -0.05) is 29.3 Å². The van der Waals surface area contributed by atoms with E-state index in [1.807, 2.05) is 0 Å². The first kappa shape index (κ1) is 15.3. The second kappa shape index (κ2) is 6.56. The minimum Gasteiger partial charge on any atom is -0.488 e. The summed E-state index contributed by atoms with van der Waals surface area (Å²) in [7, 11) is 0. The van der Waals surface area contributed by atoms with Gasteiger partial charge in [0.05, 0.1) is 10.5 Å². The molecule has 0 N–H and O–H groups in total. The molecule has 0 saturated carbocycles. The van der Waals surface area contributed by atoms with Crippen molar-refractivity contribution in [2.45, 2.75) is 6.61 Å². The van der Waals surface area contributed by atoms with Gasteiger partial charge in [-0.25, -0.2) is 0 Å². The van der Waals surface area contributed by atoms with E-state index in [2.05, 4.69) is 0 Å². The van der Waals surface area contributed by atoms with E-state index in [0.717, 1.165) is 6.07 Å². The Morgan fingerprint density at radius 1 is 1.19 bits per heavy atom. The molecule has 0 unspecified atom stereocenters. The first-order valence-electron chi connectivity index (χ1n) is 5.82. The average Bonchev–Trinajstić information content (AvgIpc) is 2.46. The van der Waals surface area contributed by atoms with E-state index < -0.39 is 4.92 Å². The number of hydrogen-bond donors (Lipinski definition) is 0. The standard InChI is InChI=1S/C14H9Cl2NO4/c15-12-2-1-3-13(16)11(12)8-21-14-5-4-10(17(19)20)6-9(14)7-18/h1-7H,8H2. The Kier molecular flexibility index (Phi) is 4.77. The lowest BCUT2D eigenvalue weighted by molar-refractivity contribution is -0.384. The number of nitro groups is 1. The largest absolute Gasteiger partial charge is 0.488 e. The van der Waals surface area contributed by atoms with Crippen molar-refractivity contribution in [3.63, 3.8) is 0 Å². The van der Waals surface area contributed by atoms with Gasteiger partial charge in [-0.15, -0.1) is 0 Å². The monoisotopic (exact) mass is 325 g/mol. The average molecular weight is 326 g/mol. The maximum atomic E-state index is 11.0. The molecule has 2 rings (SSSR count). The minimum absolute atomic E-state index is 0.0527. The van der Waals surface area contributed by atoms with Crippen LogP contribution in [-0.2, 0) is 6.61 Å². The molecule has 0 aliphatic rings. The fourth-order valence-electron chi connectivity index (χ4n) is 1.69. The second-order valence-corrected chi connectivity index (χ2v) is 4.90. The molecular formula is C14H9Cl2NO4. The molecule has 0 aliphatic heterocycles. The van der Waals surface area contributed by atoms with Crippen molar-refractivity contribution < 1.29 is 14.5 Å². The SMILES string of the molecule is O=Cc1cc([N+](=O)[O-])ccc1OCc1c(Cl)cccc1Cl. The van der Waals surface area contributed by atoms with E-state index in [4.69, 9.17) is 27.9 Å². The molecule has 7 heteroatoms. The van der Waals surface area contributed by atoms with Crippen LogP contribution >= 0.6 is 23.2 Å². The number of carbonyl (C=O) groups excluding carboxylic acids is 1. The predicted octanol–water partition coefficient (Wildman–Crippen LogP) is 4.29. The number of benzene rings is 2. The van der Waals surface area contributed by atoms with Gasteiger partial charge >= 0.3 is 0 Å². The smallest absolute Gasteiger partial charge is 0.270 e. The Balaban J connectivity index is 2.24. The number of non-ortho nitro benzene ring substituents is 1. The quantitative estimate of drug-likeness (QED) is 0.467. The van der Waals surface area contributed by atoms with Gasteiger partial charge in [-0.05, 0) is 18.2 Å². The number of carbonyl (C=O) groups is 1. The molecule has 5 nitrogen and oxygen atoms in total. The molecule has 0 aromatic heterocycles. The summed E-state index contributed by atoms with van der Waals surface area (Å²) in [5, 5.41) is 11.5. The molecule has 0 fully saturated rings. The summed E-state index contributed by atoms with van der Waals surface area (Å²) in [4.78, 5) is 21.1. The number of hydrogen-bond acceptors (Lipinski definition) is 4. The number of halogens is 2. The van der Waals surface area contributed by atoms with Gasteiger partial charge in [-0.2, -0.15) is 0 Å². The van der Waals surface area contributed by atoms with Gasteiger partial charge in [-0.3, -0.25) is 14.9 Å². The molecule has 21 heavy (non-hydrogen) atoms. The highest BCUT2D eigenvalue weighted by molar-refractivity contribution is 6.35. The fraction of sp³-hybridized carbons (Fsp3) is 0.0714. The van der Waals surface area contributed by atoms with Crippen LogP contribution < -0.4 is 4.74 Å². The lowest BCUT2D eigenvalue weighted by Gasteiger charge is -2.10. The van der Waals surface area contributed by atoms with Gasteiger partial charge in [0.15, 0.2) is 6.29 Å². The number of rotatable bonds is 5. The van der Waals surface area contributed by atoms with E-state index in [-0.39, 0.29) is 23.6 Å². The Labute approximate surface area is 130 Å². The summed E-state index contributed by atoms with van der Waals surface area (Å²) in [5.41, 5.74) is 0.489. The zero-order valence-electron chi connectivity index (χ0n) is 10.6. The zero-order chi connectivity index (χ0) is 15.4. The molecule has 0 radical (unpaired) electrons. The summed E-state index contributed by atoms with van der Waals surface area (Å²) in [6.45, 7) is 0.0527. The van der Waals surface area contributed by atoms with Crippen molar-refractivity contribution in [2.75, 3.05) is 0 Å². The third-order valence-corrected chi connectivity index (χ3v) is 3.47. The molecule has 0 bridgehead atoms. The van der Waals surface area contributed by atoms with Crippen molar-refractivity contribution in [1.29, 1.82) is 0 Å². The maximum Gasteiger partial charge on any atom is 0.270 e. The number of nitrogens with zero attached hydrogens (tertiary/aromatic N) is 1. The topological polar surface area (TPSA) is 69.4 Å². The van der Waals surface area contributed by atoms with E-state index in [1.165, 1.54) is 12.1 Å². The summed E-state index contributed by atoms with van der Waals surface area (Å²) in [6, 6.07) is 8.82. The van der Waals surface area contributed by atoms with Crippen LogP contribution in [0.1, 0.15) is 15.9 Å². The van der Waals surface area contributed by atoms with E-state index >= 15 is 0 Å². The van der Waals surface area contributed by atoms with E-state index in [0.29, 0.717) is 21.9 Å². The number of aldehydes is 1. The van der Waals surface area contributed by atoms with Gasteiger partial charge in [0.25, 0.3) is 5.69 Å². The van der Waals surface area contributed by atoms with Crippen molar-refractivity contribution >= 4 is 35.2 Å². The van der Waals surface area contributed by atoms with Gasteiger partial charge in [0.2, 0.25) is 0 Å². The van der Waals surface area contributed by atoms with Crippen LogP contribution in [0.3, 0.4) is 0 Å². The Morgan fingerprint density at radius 2 is 1.86 bits per heavy atom. The zero-order valence-corrected chi connectivity index (χ0v) is 12.1. The molecular weight excluding hydrogens is 317 g/mol.